The Hall–Kier alpha value is -1.59. The van der Waals surface area contributed by atoms with Gasteiger partial charge in [-0.05, 0) is 30.5 Å². The monoisotopic (exact) mass is 296 g/mol. The van der Waals surface area contributed by atoms with E-state index in [9.17, 15) is 4.79 Å². The summed E-state index contributed by atoms with van der Waals surface area (Å²) >= 11 is 7.48. The fourth-order valence-electron chi connectivity index (χ4n) is 1.73. The van der Waals surface area contributed by atoms with Gasteiger partial charge in [0.1, 0.15) is 16.5 Å². The Balaban J connectivity index is 2.13. The minimum absolute atomic E-state index is 0.0720. The minimum Gasteiger partial charge on any atom is -0.478 e. The maximum atomic E-state index is 11.1. The van der Waals surface area contributed by atoms with Crippen LogP contribution >= 0.6 is 22.9 Å². The molecule has 100 valence electrons. The molecular formula is C13H13ClN2O2S. The molecule has 0 amide bonds. The van der Waals surface area contributed by atoms with Gasteiger partial charge in [-0.2, -0.15) is 0 Å². The number of rotatable bonds is 5. The molecule has 1 atom stereocenters. The molecule has 2 rings (SSSR count). The Bertz CT molecular complexity index is 572. The number of carbonyl (C=O) groups is 1. The van der Waals surface area contributed by atoms with Crippen molar-refractivity contribution in [3.63, 3.8) is 0 Å². The summed E-state index contributed by atoms with van der Waals surface area (Å²) in [6, 6.07) is 7.04. The molecule has 0 saturated heterocycles. The largest absolute Gasteiger partial charge is 0.478 e. The summed E-state index contributed by atoms with van der Waals surface area (Å²) in [5.41, 5.74) is 0.127. The molecule has 6 heteroatoms. The first kappa shape index (κ1) is 13.8. The van der Waals surface area contributed by atoms with Crippen molar-refractivity contribution in [3.8, 4) is 0 Å². The van der Waals surface area contributed by atoms with Crippen molar-refractivity contribution in [3.05, 3.63) is 45.2 Å². The number of nitrogens with one attached hydrogen (secondary N) is 1. The summed E-state index contributed by atoms with van der Waals surface area (Å²) < 4.78 is 0. The third-order valence-corrected chi connectivity index (χ3v) is 3.67. The smallest absolute Gasteiger partial charge is 0.339 e. The number of halogens is 1. The highest BCUT2D eigenvalue weighted by molar-refractivity contribution is 7.09. The maximum absolute atomic E-state index is 11.1. The molecule has 0 bridgehead atoms. The second kappa shape index (κ2) is 6.04. The molecular weight excluding hydrogens is 284 g/mol. The highest BCUT2D eigenvalue weighted by atomic mass is 35.5. The third kappa shape index (κ3) is 3.68. The molecule has 2 aromatic heterocycles. The topological polar surface area (TPSA) is 62.2 Å². The molecule has 0 aromatic carbocycles. The van der Waals surface area contributed by atoms with E-state index < -0.39 is 5.97 Å². The molecule has 19 heavy (non-hydrogen) atoms. The van der Waals surface area contributed by atoms with E-state index in [1.165, 1.54) is 17.0 Å². The molecule has 0 fully saturated rings. The van der Waals surface area contributed by atoms with Crippen molar-refractivity contribution in [2.24, 2.45) is 0 Å². The van der Waals surface area contributed by atoms with Gasteiger partial charge in [-0.15, -0.1) is 11.3 Å². The van der Waals surface area contributed by atoms with Crippen LogP contribution in [0.2, 0.25) is 5.15 Å². The van der Waals surface area contributed by atoms with E-state index in [2.05, 4.69) is 10.3 Å². The molecule has 2 aromatic rings. The lowest BCUT2D eigenvalue weighted by Gasteiger charge is -2.15. The Morgan fingerprint density at radius 1 is 1.53 bits per heavy atom. The van der Waals surface area contributed by atoms with Gasteiger partial charge in [0.15, 0.2) is 0 Å². The highest BCUT2D eigenvalue weighted by Gasteiger charge is 2.14. The van der Waals surface area contributed by atoms with E-state index in [0.29, 0.717) is 5.82 Å². The van der Waals surface area contributed by atoms with E-state index in [-0.39, 0.29) is 16.8 Å². The predicted molar refractivity (Wildman–Crippen MR) is 77.3 cm³/mol. The van der Waals surface area contributed by atoms with Gasteiger partial charge in [0.05, 0.1) is 0 Å². The lowest BCUT2D eigenvalue weighted by molar-refractivity contribution is 0.0697. The zero-order valence-corrected chi connectivity index (χ0v) is 11.8. The van der Waals surface area contributed by atoms with Crippen LogP contribution in [0.15, 0.2) is 29.6 Å². The number of pyridine rings is 1. The lowest BCUT2D eigenvalue weighted by atomic mass is 10.2. The summed E-state index contributed by atoms with van der Waals surface area (Å²) in [6.45, 7) is 1.98. The van der Waals surface area contributed by atoms with Crippen LogP contribution in [-0.4, -0.2) is 22.1 Å². The fourth-order valence-corrected chi connectivity index (χ4v) is 2.72. The molecule has 2 heterocycles. The molecule has 0 aliphatic rings. The van der Waals surface area contributed by atoms with Gasteiger partial charge in [-0.1, -0.05) is 17.7 Å². The number of aromatic carboxylic acids is 1. The van der Waals surface area contributed by atoms with Crippen molar-refractivity contribution in [1.29, 1.82) is 0 Å². The van der Waals surface area contributed by atoms with Gasteiger partial charge in [-0.25, -0.2) is 9.78 Å². The number of nitrogens with zero attached hydrogens (tertiary/aromatic N) is 1. The predicted octanol–water partition coefficient (Wildman–Crippen LogP) is 3.54. The normalized spacial score (nSPS) is 12.1. The van der Waals surface area contributed by atoms with Gasteiger partial charge >= 0.3 is 5.97 Å². The average Bonchev–Trinajstić information content (AvgIpc) is 2.81. The summed E-state index contributed by atoms with van der Waals surface area (Å²) in [7, 11) is 0. The second-order valence-electron chi connectivity index (χ2n) is 4.16. The zero-order valence-electron chi connectivity index (χ0n) is 10.3. The van der Waals surface area contributed by atoms with E-state index >= 15 is 0 Å². The highest BCUT2D eigenvalue weighted by Crippen LogP contribution is 2.19. The quantitative estimate of drug-likeness (QED) is 0.829. The van der Waals surface area contributed by atoms with Crippen LogP contribution in [0.5, 0.6) is 0 Å². The summed E-state index contributed by atoms with van der Waals surface area (Å²) in [5, 5.41) is 14.5. The van der Waals surface area contributed by atoms with Crippen molar-refractivity contribution >= 4 is 34.7 Å². The van der Waals surface area contributed by atoms with Crippen LogP contribution in [-0.2, 0) is 6.42 Å². The van der Waals surface area contributed by atoms with Crippen LogP contribution in [0.3, 0.4) is 0 Å². The van der Waals surface area contributed by atoms with E-state index in [4.69, 9.17) is 16.7 Å². The number of carboxylic acids is 1. The van der Waals surface area contributed by atoms with Crippen molar-refractivity contribution < 1.29 is 9.90 Å². The van der Waals surface area contributed by atoms with Crippen LogP contribution in [0, 0.1) is 0 Å². The van der Waals surface area contributed by atoms with Gasteiger partial charge in [0.25, 0.3) is 0 Å². The van der Waals surface area contributed by atoms with E-state index in [0.717, 1.165) is 6.42 Å². The van der Waals surface area contributed by atoms with Gasteiger partial charge in [0.2, 0.25) is 0 Å². The lowest BCUT2D eigenvalue weighted by Crippen LogP contribution is -2.20. The summed E-state index contributed by atoms with van der Waals surface area (Å²) in [6.07, 6.45) is 0.810. The van der Waals surface area contributed by atoms with Crippen LogP contribution in [0.25, 0.3) is 0 Å². The number of hydrogen-bond acceptors (Lipinski definition) is 4. The molecule has 0 aliphatic carbocycles. The standard InChI is InChI=1S/C13H13ClN2O2S/c1-8(7-9-3-2-6-19-9)15-12-10(13(17)18)4-5-11(14)16-12/h2-6,8H,7H2,1H3,(H,15,16)(H,17,18). The van der Waals surface area contributed by atoms with Crippen LogP contribution in [0.4, 0.5) is 5.82 Å². The maximum Gasteiger partial charge on any atom is 0.339 e. The van der Waals surface area contributed by atoms with Gasteiger partial charge < -0.3 is 10.4 Å². The Kier molecular flexibility index (Phi) is 4.39. The Morgan fingerprint density at radius 2 is 2.32 bits per heavy atom. The van der Waals surface area contributed by atoms with E-state index in [1.807, 2.05) is 24.4 Å². The summed E-state index contributed by atoms with van der Waals surface area (Å²) in [5.74, 6) is -0.709. The zero-order chi connectivity index (χ0) is 13.8. The fraction of sp³-hybridized carbons (Fsp3) is 0.231. The Labute approximate surface area is 120 Å². The first-order chi connectivity index (χ1) is 9.06. The molecule has 1 unspecified atom stereocenters. The molecule has 0 aliphatic heterocycles. The van der Waals surface area contributed by atoms with Gasteiger partial charge in [-0.3, -0.25) is 0 Å². The number of aromatic nitrogens is 1. The van der Waals surface area contributed by atoms with Crippen LogP contribution < -0.4 is 5.32 Å². The van der Waals surface area contributed by atoms with Crippen LogP contribution in [0.1, 0.15) is 22.2 Å². The molecule has 0 spiro atoms. The van der Waals surface area contributed by atoms with Crippen molar-refractivity contribution in [2.45, 2.75) is 19.4 Å². The molecule has 2 N–H and O–H groups in total. The average molecular weight is 297 g/mol. The number of thiophene rings is 1. The van der Waals surface area contributed by atoms with Crippen molar-refractivity contribution in [2.75, 3.05) is 5.32 Å². The molecule has 0 saturated carbocycles. The van der Waals surface area contributed by atoms with Crippen molar-refractivity contribution in [1.82, 2.24) is 4.98 Å². The Morgan fingerprint density at radius 3 is 2.95 bits per heavy atom. The second-order valence-corrected chi connectivity index (χ2v) is 5.58. The first-order valence-electron chi connectivity index (χ1n) is 5.75. The van der Waals surface area contributed by atoms with Gasteiger partial charge in [0, 0.05) is 17.3 Å². The molecule has 4 nitrogen and oxygen atoms in total. The number of hydrogen-bond donors (Lipinski definition) is 2. The third-order valence-electron chi connectivity index (χ3n) is 2.56. The number of carboxylic acid groups (broad SMARTS) is 1. The SMILES string of the molecule is CC(Cc1cccs1)Nc1nc(Cl)ccc1C(=O)O. The minimum atomic E-state index is -1.02. The number of anilines is 1. The first-order valence-corrected chi connectivity index (χ1v) is 7.01. The summed E-state index contributed by atoms with van der Waals surface area (Å²) in [4.78, 5) is 16.4. The molecule has 0 radical (unpaired) electrons. The van der Waals surface area contributed by atoms with E-state index in [1.54, 1.807) is 11.3 Å².